The van der Waals surface area contributed by atoms with Gasteiger partial charge in [0.05, 0.1) is 22.5 Å². The predicted molar refractivity (Wildman–Crippen MR) is 90.4 cm³/mol. The maximum Gasteiger partial charge on any atom is 0.146 e. The van der Waals surface area contributed by atoms with Gasteiger partial charge in [-0.2, -0.15) is 0 Å². The fourth-order valence-electron chi connectivity index (χ4n) is 2.74. The average molecular weight is 336 g/mol. The molecule has 0 saturated carbocycles. The first-order chi connectivity index (χ1) is 11.1. The zero-order valence-electron chi connectivity index (χ0n) is 12.7. The Bertz CT molecular complexity index is 675. The Morgan fingerprint density at radius 3 is 2.78 bits per heavy atom. The van der Waals surface area contributed by atoms with Crippen LogP contribution in [0.1, 0.15) is 18.4 Å². The van der Waals surface area contributed by atoms with Crippen molar-refractivity contribution in [1.82, 2.24) is 4.98 Å². The van der Waals surface area contributed by atoms with E-state index in [0.29, 0.717) is 43.2 Å². The molecule has 1 aliphatic rings. The Balaban J connectivity index is 1.66. The SMILES string of the molecule is OC1CCN(c2ccc(CNc3ccncc3Cl)cc2F)CC1. The molecule has 0 aliphatic carbocycles. The molecule has 1 saturated heterocycles. The number of pyridine rings is 1. The van der Waals surface area contributed by atoms with Crippen LogP contribution in [-0.2, 0) is 6.54 Å². The van der Waals surface area contributed by atoms with E-state index in [0.717, 1.165) is 11.3 Å². The van der Waals surface area contributed by atoms with E-state index in [-0.39, 0.29) is 11.9 Å². The van der Waals surface area contributed by atoms with E-state index in [1.165, 1.54) is 0 Å². The van der Waals surface area contributed by atoms with Crippen molar-refractivity contribution in [2.75, 3.05) is 23.3 Å². The minimum atomic E-state index is -0.261. The van der Waals surface area contributed by atoms with Crippen LogP contribution in [-0.4, -0.2) is 29.3 Å². The first-order valence-electron chi connectivity index (χ1n) is 7.68. The molecule has 0 spiro atoms. The first-order valence-corrected chi connectivity index (χ1v) is 8.06. The molecule has 23 heavy (non-hydrogen) atoms. The smallest absolute Gasteiger partial charge is 0.146 e. The van der Waals surface area contributed by atoms with Gasteiger partial charge in [-0.25, -0.2) is 4.39 Å². The molecule has 0 radical (unpaired) electrons. The van der Waals surface area contributed by atoms with Crippen LogP contribution in [0.25, 0.3) is 0 Å². The second-order valence-electron chi connectivity index (χ2n) is 5.71. The van der Waals surface area contributed by atoms with Gasteiger partial charge in [-0.3, -0.25) is 4.98 Å². The van der Waals surface area contributed by atoms with Crippen LogP contribution in [0.15, 0.2) is 36.7 Å². The van der Waals surface area contributed by atoms with Crippen molar-refractivity contribution >= 4 is 23.0 Å². The van der Waals surface area contributed by atoms with E-state index >= 15 is 0 Å². The summed E-state index contributed by atoms with van der Waals surface area (Å²) in [5, 5.41) is 13.3. The van der Waals surface area contributed by atoms with E-state index in [1.54, 1.807) is 30.6 Å². The van der Waals surface area contributed by atoms with Gasteiger partial charge in [0.25, 0.3) is 0 Å². The molecule has 1 aromatic carbocycles. The maximum absolute atomic E-state index is 14.4. The van der Waals surface area contributed by atoms with Gasteiger partial charge < -0.3 is 15.3 Å². The molecule has 0 unspecified atom stereocenters. The summed E-state index contributed by atoms with van der Waals surface area (Å²) < 4.78 is 14.4. The first kappa shape index (κ1) is 16.0. The van der Waals surface area contributed by atoms with Crippen LogP contribution in [0.4, 0.5) is 15.8 Å². The molecular weight excluding hydrogens is 317 g/mol. The fraction of sp³-hybridized carbons (Fsp3) is 0.353. The summed E-state index contributed by atoms with van der Waals surface area (Å²) in [5.41, 5.74) is 2.22. The number of piperidine rings is 1. The van der Waals surface area contributed by atoms with Gasteiger partial charge in [0.2, 0.25) is 0 Å². The number of aliphatic hydroxyl groups excluding tert-OH is 1. The third-order valence-electron chi connectivity index (χ3n) is 4.07. The van der Waals surface area contributed by atoms with Gasteiger partial charge >= 0.3 is 0 Å². The normalized spacial score (nSPS) is 15.7. The second kappa shape index (κ2) is 7.15. The van der Waals surface area contributed by atoms with Crippen molar-refractivity contribution in [1.29, 1.82) is 0 Å². The van der Waals surface area contributed by atoms with Crippen LogP contribution in [0.5, 0.6) is 0 Å². The quantitative estimate of drug-likeness (QED) is 0.898. The third-order valence-corrected chi connectivity index (χ3v) is 4.37. The standard InChI is InChI=1S/C17H19ClFN3O/c18-14-11-20-6-3-16(14)21-10-12-1-2-17(15(19)9-12)22-7-4-13(23)5-8-22/h1-3,6,9,11,13,23H,4-5,7-8,10H2,(H,20,21). The summed E-state index contributed by atoms with van der Waals surface area (Å²) in [6.07, 6.45) is 4.33. The molecular formula is C17H19ClFN3O. The molecule has 2 heterocycles. The lowest BCUT2D eigenvalue weighted by Crippen LogP contribution is -2.36. The Morgan fingerprint density at radius 2 is 2.09 bits per heavy atom. The van der Waals surface area contributed by atoms with Crippen LogP contribution in [0, 0.1) is 5.82 Å². The molecule has 0 atom stereocenters. The van der Waals surface area contributed by atoms with Gasteiger partial charge in [-0.15, -0.1) is 0 Å². The van der Waals surface area contributed by atoms with Gasteiger partial charge in [-0.1, -0.05) is 17.7 Å². The summed E-state index contributed by atoms with van der Waals surface area (Å²) >= 11 is 6.03. The zero-order valence-corrected chi connectivity index (χ0v) is 13.4. The van der Waals surface area contributed by atoms with Gasteiger partial charge in [-0.05, 0) is 36.6 Å². The highest BCUT2D eigenvalue weighted by Gasteiger charge is 2.19. The summed E-state index contributed by atoms with van der Waals surface area (Å²) in [7, 11) is 0. The number of rotatable bonds is 4. The third kappa shape index (κ3) is 3.92. The van der Waals surface area contributed by atoms with Gasteiger partial charge in [0.1, 0.15) is 5.82 Å². The number of nitrogens with zero attached hydrogens (tertiary/aromatic N) is 2. The fourth-order valence-corrected chi connectivity index (χ4v) is 2.93. The van der Waals surface area contributed by atoms with E-state index in [1.807, 2.05) is 11.0 Å². The Labute approximate surface area is 139 Å². The number of halogens is 2. The molecule has 122 valence electrons. The number of aliphatic hydroxyl groups is 1. The molecule has 3 rings (SSSR count). The number of hydrogen-bond acceptors (Lipinski definition) is 4. The molecule has 2 N–H and O–H groups in total. The lowest BCUT2D eigenvalue weighted by atomic mass is 10.1. The number of benzene rings is 1. The topological polar surface area (TPSA) is 48.4 Å². The summed E-state index contributed by atoms with van der Waals surface area (Å²) in [6, 6.07) is 7.04. The van der Waals surface area contributed by atoms with E-state index in [2.05, 4.69) is 10.3 Å². The highest BCUT2D eigenvalue weighted by atomic mass is 35.5. The largest absolute Gasteiger partial charge is 0.393 e. The van der Waals surface area contributed by atoms with Gasteiger partial charge in [0, 0.05) is 32.0 Å². The Kier molecular flexibility index (Phi) is 4.98. The predicted octanol–water partition coefficient (Wildman–Crippen LogP) is 3.45. The number of anilines is 2. The van der Waals surface area contributed by atoms with Crippen molar-refractivity contribution in [2.24, 2.45) is 0 Å². The van der Waals surface area contributed by atoms with Crippen molar-refractivity contribution < 1.29 is 9.50 Å². The minimum absolute atomic E-state index is 0.235. The van der Waals surface area contributed by atoms with Crippen LogP contribution >= 0.6 is 11.6 Å². The Morgan fingerprint density at radius 1 is 1.30 bits per heavy atom. The van der Waals surface area contributed by atoms with Gasteiger partial charge in [0.15, 0.2) is 0 Å². The number of aromatic nitrogens is 1. The summed E-state index contributed by atoms with van der Waals surface area (Å²) in [4.78, 5) is 5.91. The molecule has 0 amide bonds. The van der Waals surface area contributed by atoms with Crippen molar-refractivity contribution in [2.45, 2.75) is 25.5 Å². The number of nitrogens with one attached hydrogen (secondary N) is 1. The molecule has 6 heteroatoms. The molecule has 4 nitrogen and oxygen atoms in total. The Hall–Kier alpha value is -1.85. The molecule has 1 aromatic heterocycles. The van der Waals surface area contributed by atoms with Crippen LogP contribution in [0.2, 0.25) is 5.02 Å². The average Bonchev–Trinajstić information content (AvgIpc) is 2.55. The maximum atomic E-state index is 14.4. The van der Waals surface area contributed by atoms with E-state index < -0.39 is 0 Å². The highest BCUT2D eigenvalue weighted by molar-refractivity contribution is 6.33. The molecule has 1 fully saturated rings. The van der Waals surface area contributed by atoms with Crippen LogP contribution in [0.3, 0.4) is 0 Å². The molecule has 0 bridgehead atoms. The summed E-state index contributed by atoms with van der Waals surface area (Å²) in [5.74, 6) is -0.235. The lowest BCUT2D eigenvalue weighted by Gasteiger charge is -2.31. The highest BCUT2D eigenvalue weighted by Crippen LogP contribution is 2.25. The number of hydrogen-bond donors (Lipinski definition) is 2. The minimum Gasteiger partial charge on any atom is -0.393 e. The van der Waals surface area contributed by atoms with Crippen LogP contribution < -0.4 is 10.2 Å². The van der Waals surface area contributed by atoms with Crippen molar-refractivity contribution in [3.05, 3.63) is 53.1 Å². The monoisotopic (exact) mass is 335 g/mol. The zero-order chi connectivity index (χ0) is 16.2. The molecule has 2 aromatic rings. The van der Waals surface area contributed by atoms with Crippen molar-refractivity contribution in [3.63, 3.8) is 0 Å². The summed E-state index contributed by atoms with van der Waals surface area (Å²) in [6.45, 7) is 1.85. The van der Waals surface area contributed by atoms with Crippen molar-refractivity contribution in [3.8, 4) is 0 Å². The second-order valence-corrected chi connectivity index (χ2v) is 6.12. The van der Waals surface area contributed by atoms with E-state index in [9.17, 15) is 9.50 Å². The van der Waals surface area contributed by atoms with E-state index in [4.69, 9.17) is 11.6 Å². The molecule has 1 aliphatic heterocycles. The lowest BCUT2D eigenvalue weighted by molar-refractivity contribution is 0.145.